The molecule has 0 spiro atoms. The maximum atomic E-state index is 12.6. The molecule has 0 fully saturated rings. The molecule has 0 N–H and O–H groups in total. The van der Waals surface area contributed by atoms with Crippen LogP contribution >= 0.6 is 15.9 Å². The minimum atomic E-state index is -0.880. The highest BCUT2D eigenvalue weighted by Gasteiger charge is 2.16. The van der Waals surface area contributed by atoms with Gasteiger partial charge in [-0.2, -0.15) is 0 Å². The molecule has 1 atom stereocenters. The Morgan fingerprint density at radius 2 is 2.23 bits per heavy atom. The molecule has 0 amide bonds. The van der Waals surface area contributed by atoms with Crippen molar-refractivity contribution in [2.45, 2.75) is 4.83 Å². The first-order chi connectivity index (χ1) is 6.15. The lowest BCUT2D eigenvalue weighted by Crippen LogP contribution is -2.16. The Kier molecular flexibility index (Phi) is 3.54. The van der Waals surface area contributed by atoms with Gasteiger partial charge in [-0.15, -0.1) is 0 Å². The minimum absolute atomic E-state index is 0.180. The Morgan fingerprint density at radius 1 is 1.54 bits per heavy atom. The van der Waals surface area contributed by atoms with Crippen LogP contribution in [0.25, 0.3) is 0 Å². The first-order valence-corrected chi connectivity index (χ1v) is 4.56. The van der Waals surface area contributed by atoms with Gasteiger partial charge in [-0.1, -0.05) is 28.1 Å². The van der Waals surface area contributed by atoms with Gasteiger partial charge in [-0.3, -0.25) is 4.79 Å². The first kappa shape index (κ1) is 10.3. The van der Waals surface area contributed by atoms with Crippen molar-refractivity contribution in [2.24, 2.45) is 0 Å². The summed E-state index contributed by atoms with van der Waals surface area (Å²) in [5, 5.41) is 0. The van der Waals surface area contributed by atoms with E-state index in [0.717, 1.165) is 6.07 Å². The maximum Gasteiger partial charge on any atom is 0.179 e. The summed E-state index contributed by atoms with van der Waals surface area (Å²) in [5.74, 6) is -0.939. The fourth-order valence-corrected chi connectivity index (χ4v) is 1.16. The van der Waals surface area contributed by atoms with E-state index in [-0.39, 0.29) is 5.56 Å². The van der Waals surface area contributed by atoms with E-state index in [4.69, 9.17) is 0 Å². The van der Waals surface area contributed by atoms with Crippen molar-refractivity contribution in [1.82, 2.24) is 0 Å². The predicted octanol–water partition coefficient (Wildman–Crippen LogP) is 2.74. The second-order valence-electron chi connectivity index (χ2n) is 2.50. The number of ketones is 1. The van der Waals surface area contributed by atoms with Crippen LogP contribution < -0.4 is 0 Å². The lowest BCUT2D eigenvalue weighted by molar-refractivity contribution is 0.0983. The smallest absolute Gasteiger partial charge is 0.179 e. The largest absolute Gasteiger partial charge is 0.293 e. The van der Waals surface area contributed by atoms with Crippen LogP contribution in [0.2, 0.25) is 0 Å². The molecular formula is C9H7BrF2O. The van der Waals surface area contributed by atoms with Gasteiger partial charge in [0.15, 0.2) is 5.78 Å². The number of benzene rings is 1. The number of rotatable bonds is 3. The molecule has 13 heavy (non-hydrogen) atoms. The van der Waals surface area contributed by atoms with Crippen molar-refractivity contribution in [1.29, 1.82) is 0 Å². The summed E-state index contributed by atoms with van der Waals surface area (Å²) < 4.78 is 24.7. The van der Waals surface area contributed by atoms with Crippen molar-refractivity contribution in [3.05, 3.63) is 35.6 Å². The highest BCUT2D eigenvalue weighted by Crippen LogP contribution is 2.11. The Morgan fingerprint density at radius 3 is 2.77 bits per heavy atom. The van der Waals surface area contributed by atoms with Gasteiger partial charge in [0.05, 0.1) is 0 Å². The molecule has 0 saturated carbocycles. The second-order valence-corrected chi connectivity index (χ2v) is 3.60. The van der Waals surface area contributed by atoms with E-state index in [1.54, 1.807) is 0 Å². The minimum Gasteiger partial charge on any atom is -0.293 e. The van der Waals surface area contributed by atoms with Crippen LogP contribution in [0.5, 0.6) is 0 Å². The van der Waals surface area contributed by atoms with Crippen LogP contribution in [-0.4, -0.2) is 17.3 Å². The molecule has 1 unspecified atom stereocenters. The summed E-state index contributed by atoms with van der Waals surface area (Å²) in [4.78, 5) is 10.4. The predicted molar refractivity (Wildman–Crippen MR) is 49.4 cm³/mol. The van der Waals surface area contributed by atoms with Gasteiger partial charge in [0, 0.05) is 5.56 Å². The molecule has 0 aromatic heterocycles. The van der Waals surface area contributed by atoms with E-state index in [2.05, 4.69) is 15.9 Å². The third kappa shape index (κ3) is 2.59. The molecule has 1 aromatic rings. The third-order valence-electron chi connectivity index (χ3n) is 1.53. The molecule has 0 aliphatic rings. The lowest BCUT2D eigenvalue weighted by atomic mass is 10.1. The molecule has 0 bridgehead atoms. The normalized spacial score (nSPS) is 12.5. The quantitative estimate of drug-likeness (QED) is 0.594. The average molecular weight is 249 g/mol. The SMILES string of the molecule is O=C(c1cccc(F)c1)C(Br)CF. The van der Waals surface area contributed by atoms with E-state index in [1.165, 1.54) is 18.2 Å². The standard InChI is InChI=1S/C9H7BrF2O/c10-8(5-11)9(13)6-2-1-3-7(12)4-6/h1-4,8H,5H2. The van der Waals surface area contributed by atoms with E-state index >= 15 is 0 Å². The van der Waals surface area contributed by atoms with Gasteiger partial charge < -0.3 is 0 Å². The Balaban J connectivity index is 2.89. The lowest BCUT2D eigenvalue weighted by Gasteiger charge is -2.03. The van der Waals surface area contributed by atoms with Crippen molar-refractivity contribution in [3.8, 4) is 0 Å². The summed E-state index contributed by atoms with van der Waals surface area (Å²) in [6.07, 6.45) is 0. The van der Waals surface area contributed by atoms with Crippen molar-refractivity contribution >= 4 is 21.7 Å². The number of halogens is 3. The van der Waals surface area contributed by atoms with Crippen molar-refractivity contribution < 1.29 is 13.6 Å². The molecule has 1 aromatic carbocycles. The molecule has 70 valence electrons. The molecular weight excluding hydrogens is 242 g/mol. The zero-order valence-electron chi connectivity index (χ0n) is 6.64. The number of hydrogen-bond donors (Lipinski definition) is 0. The Hall–Kier alpha value is -0.770. The molecule has 0 saturated heterocycles. The molecule has 4 heteroatoms. The van der Waals surface area contributed by atoms with Gasteiger partial charge in [0.1, 0.15) is 17.3 Å². The Labute approximate surface area is 82.9 Å². The summed E-state index contributed by atoms with van der Waals surface area (Å²) in [6.45, 7) is -0.796. The number of carbonyl (C=O) groups excluding carboxylic acids is 1. The number of carbonyl (C=O) groups is 1. The molecule has 0 heterocycles. The molecule has 0 aliphatic heterocycles. The van der Waals surface area contributed by atoms with Crippen LogP contribution in [0.4, 0.5) is 8.78 Å². The zero-order chi connectivity index (χ0) is 9.84. The Bertz CT molecular complexity index is 314. The number of Topliss-reactive ketones (excluding diaryl/α,β-unsaturated/α-hetero) is 1. The summed E-state index contributed by atoms with van der Waals surface area (Å²) >= 11 is 2.86. The maximum absolute atomic E-state index is 12.6. The topological polar surface area (TPSA) is 17.1 Å². The van der Waals surface area contributed by atoms with Gasteiger partial charge in [-0.05, 0) is 12.1 Å². The van der Waals surface area contributed by atoms with Gasteiger partial charge >= 0.3 is 0 Å². The van der Waals surface area contributed by atoms with Crippen LogP contribution in [-0.2, 0) is 0 Å². The second kappa shape index (κ2) is 4.46. The summed E-state index contributed by atoms with van der Waals surface area (Å²) in [6, 6.07) is 5.19. The number of hydrogen-bond acceptors (Lipinski definition) is 1. The average Bonchev–Trinajstić information content (AvgIpc) is 2.15. The van der Waals surface area contributed by atoms with E-state index in [9.17, 15) is 13.6 Å². The van der Waals surface area contributed by atoms with Gasteiger partial charge in [0.25, 0.3) is 0 Å². The molecule has 1 rings (SSSR count). The van der Waals surface area contributed by atoms with Gasteiger partial charge in [0.2, 0.25) is 0 Å². The van der Waals surface area contributed by atoms with Crippen LogP contribution in [0.3, 0.4) is 0 Å². The van der Waals surface area contributed by atoms with Crippen LogP contribution in [0, 0.1) is 5.82 Å². The third-order valence-corrected chi connectivity index (χ3v) is 2.19. The van der Waals surface area contributed by atoms with Gasteiger partial charge in [-0.25, -0.2) is 8.78 Å². The monoisotopic (exact) mass is 248 g/mol. The fourth-order valence-electron chi connectivity index (χ4n) is 0.893. The molecule has 0 aliphatic carbocycles. The van der Waals surface area contributed by atoms with Crippen LogP contribution in [0.1, 0.15) is 10.4 Å². The number of alkyl halides is 2. The first-order valence-electron chi connectivity index (χ1n) is 3.65. The van der Waals surface area contributed by atoms with E-state index < -0.39 is 23.1 Å². The summed E-state index contributed by atoms with van der Waals surface area (Å²) in [5.41, 5.74) is 0.180. The highest BCUT2D eigenvalue weighted by atomic mass is 79.9. The fraction of sp³-hybridized carbons (Fsp3) is 0.222. The summed E-state index contributed by atoms with van der Waals surface area (Å²) in [7, 11) is 0. The highest BCUT2D eigenvalue weighted by molar-refractivity contribution is 9.10. The van der Waals surface area contributed by atoms with Crippen LogP contribution in [0.15, 0.2) is 24.3 Å². The molecule has 0 radical (unpaired) electrons. The van der Waals surface area contributed by atoms with E-state index in [1.807, 2.05) is 0 Å². The van der Waals surface area contributed by atoms with Crippen molar-refractivity contribution in [2.75, 3.05) is 6.67 Å². The zero-order valence-corrected chi connectivity index (χ0v) is 8.22. The van der Waals surface area contributed by atoms with E-state index in [0.29, 0.717) is 0 Å². The van der Waals surface area contributed by atoms with Crippen molar-refractivity contribution in [3.63, 3.8) is 0 Å². The molecule has 1 nitrogen and oxygen atoms in total.